The highest BCUT2D eigenvalue weighted by atomic mass is 32.2. The predicted molar refractivity (Wildman–Crippen MR) is 61.1 cm³/mol. The third kappa shape index (κ3) is 2.04. The van der Waals surface area contributed by atoms with Crippen LogP contribution in [-0.4, -0.2) is 21.3 Å². The highest BCUT2D eigenvalue weighted by molar-refractivity contribution is 7.99. The molecule has 1 aromatic carbocycles. The molecule has 5 heteroatoms. The molecule has 16 heavy (non-hydrogen) atoms. The highest BCUT2D eigenvalue weighted by Crippen LogP contribution is 2.23. The number of carbonyl (C=O) groups excluding carboxylic acids is 1. The van der Waals surface area contributed by atoms with Crippen LogP contribution in [-0.2, 0) is 11.3 Å². The molecule has 0 aliphatic rings. The molecule has 0 saturated heterocycles. The molecule has 4 nitrogen and oxygen atoms in total. The smallest absolute Gasteiger partial charge is 0.169 e. The number of hydrogen-bond acceptors (Lipinski definition) is 4. The first-order valence-corrected chi connectivity index (χ1v) is 5.99. The topological polar surface area (TPSA) is 58.0 Å². The zero-order valence-corrected chi connectivity index (χ0v) is 9.66. The fraction of sp³-hybridized carbons (Fsp3) is 0.273. The number of aryl methyl sites for hydroxylation is 1. The lowest BCUT2D eigenvalue weighted by molar-refractivity contribution is -0.301. The van der Waals surface area contributed by atoms with E-state index in [1.807, 2.05) is 35.8 Å². The summed E-state index contributed by atoms with van der Waals surface area (Å²) in [7, 11) is 0. The van der Waals surface area contributed by atoms with E-state index in [1.54, 1.807) is 0 Å². The molecule has 0 aliphatic heterocycles. The van der Waals surface area contributed by atoms with Gasteiger partial charge in [-0.3, -0.25) is 0 Å². The minimum Gasteiger partial charge on any atom is -0.549 e. The van der Waals surface area contributed by atoms with Crippen LogP contribution < -0.4 is 5.11 Å². The van der Waals surface area contributed by atoms with E-state index in [2.05, 4.69) is 4.98 Å². The van der Waals surface area contributed by atoms with E-state index < -0.39 is 5.97 Å². The van der Waals surface area contributed by atoms with E-state index in [0.29, 0.717) is 0 Å². The fourth-order valence-corrected chi connectivity index (χ4v) is 2.39. The Morgan fingerprint density at radius 3 is 2.94 bits per heavy atom. The number of benzene rings is 1. The number of carboxylic acids is 1. The Morgan fingerprint density at radius 2 is 2.25 bits per heavy atom. The summed E-state index contributed by atoms with van der Waals surface area (Å²) in [6.07, 6.45) is 0. The quantitative estimate of drug-likeness (QED) is 0.739. The molecule has 2 aromatic rings. The van der Waals surface area contributed by atoms with E-state index in [9.17, 15) is 9.90 Å². The maximum atomic E-state index is 10.4. The zero-order valence-electron chi connectivity index (χ0n) is 8.84. The summed E-state index contributed by atoms with van der Waals surface area (Å²) in [5, 5.41) is 11.1. The number of carbonyl (C=O) groups is 1. The second kappa shape index (κ2) is 4.57. The molecule has 0 saturated carbocycles. The van der Waals surface area contributed by atoms with Crippen LogP contribution in [0.15, 0.2) is 29.4 Å². The summed E-state index contributed by atoms with van der Waals surface area (Å²) in [4.78, 5) is 14.8. The molecule has 0 spiro atoms. The van der Waals surface area contributed by atoms with Crippen LogP contribution in [0.3, 0.4) is 0 Å². The lowest BCUT2D eigenvalue weighted by atomic mass is 10.3. The number of carboxylic acid groups (broad SMARTS) is 1. The highest BCUT2D eigenvalue weighted by Gasteiger charge is 2.08. The fourth-order valence-electron chi connectivity index (χ4n) is 1.59. The minimum atomic E-state index is -1.07. The van der Waals surface area contributed by atoms with E-state index in [4.69, 9.17) is 0 Å². The summed E-state index contributed by atoms with van der Waals surface area (Å²) in [5.74, 6) is -1.14. The van der Waals surface area contributed by atoms with Crippen LogP contribution in [0, 0.1) is 0 Å². The summed E-state index contributed by atoms with van der Waals surface area (Å²) in [5.41, 5.74) is 1.93. The Hall–Kier alpha value is -1.49. The van der Waals surface area contributed by atoms with Crippen molar-refractivity contribution >= 4 is 28.8 Å². The number of aliphatic carboxylic acids is 1. The van der Waals surface area contributed by atoms with Crippen molar-refractivity contribution in [2.45, 2.75) is 18.6 Å². The zero-order chi connectivity index (χ0) is 11.5. The first-order valence-electron chi connectivity index (χ1n) is 5.00. The van der Waals surface area contributed by atoms with Crippen LogP contribution in [0.4, 0.5) is 0 Å². The van der Waals surface area contributed by atoms with E-state index >= 15 is 0 Å². The van der Waals surface area contributed by atoms with Crippen molar-refractivity contribution < 1.29 is 9.90 Å². The monoisotopic (exact) mass is 235 g/mol. The Morgan fingerprint density at radius 1 is 1.50 bits per heavy atom. The molecular formula is C11H11N2O2S-. The summed E-state index contributed by atoms with van der Waals surface area (Å²) in [6, 6.07) is 7.77. The number of hydrogen-bond donors (Lipinski definition) is 0. The number of rotatable bonds is 4. The van der Waals surface area contributed by atoms with Gasteiger partial charge in [0.05, 0.1) is 17.0 Å². The summed E-state index contributed by atoms with van der Waals surface area (Å²) < 4.78 is 2.00. The Kier molecular flexibility index (Phi) is 3.14. The van der Waals surface area contributed by atoms with Gasteiger partial charge in [0.25, 0.3) is 0 Å². The summed E-state index contributed by atoms with van der Waals surface area (Å²) in [6.45, 7) is 2.78. The molecule has 0 bridgehead atoms. The van der Waals surface area contributed by atoms with Gasteiger partial charge in [0.1, 0.15) is 0 Å². The maximum Gasteiger partial charge on any atom is 0.169 e. The van der Waals surface area contributed by atoms with Crippen molar-refractivity contribution in [1.29, 1.82) is 0 Å². The molecule has 0 amide bonds. The lowest BCUT2D eigenvalue weighted by Gasteiger charge is -2.05. The van der Waals surface area contributed by atoms with Gasteiger partial charge >= 0.3 is 0 Å². The molecule has 1 heterocycles. The SMILES string of the molecule is CCn1c(SCC(=O)[O-])nc2ccccc21. The molecule has 0 N–H and O–H groups in total. The van der Waals surface area contributed by atoms with Gasteiger partial charge in [-0.25, -0.2) is 4.98 Å². The number of fused-ring (bicyclic) bond motifs is 1. The van der Waals surface area contributed by atoms with E-state index in [-0.39, 0.29) is 5.75 Å². The lowest BCUT2D eigenvalue weighted by Crippen LogP contribution is -2.24. The van der Waals surface area contributed by atoms with Gasteiger partial charge in [-0.2, -0.15) is 0 Å². The normalized spacial score (nSPS) is 10.8. The van der Waals surface area contributed by atoms with Gasteiger partial charge < -0.3 is 14.5 Å². The molecule has 2 rings (SSSR count). The molecule has 0 atom stereocenters. The largest absolute Gasteiger partial charge is 0.549 e. The predicted octanol–water partition coefficient (Wildman–Crippen LogP) is 0.898. The Balaban J connectivity index is 2.40. The van der Waals surface area contributed by atoms with Gasteiger partial charge in [-0.15, -0.1) is 0 Å². The molecular weight excluding hydrogens is 224 g/mol. The number of imidazole rings is 1. The standard InChI is InChI=1S/C11H12N2O2S/c1-2-13-9-6-4-3-5-8(9)12-11(13)16-7-10(14)15/h3-6H,2,7H2,1H3,(H,14,15)/p-1. The van der Waals surface area contributed by atoms with Crippen molar-refractivity contribution in [2.75, 3.05) is 5.75 Å². The number of para-hydroxylation sites is 2. The third-order valence-corrected chi connectivity index (χ3v) is 3.20. The number of thioether (sulfide) groups is 1. The van der Waals surface area contributed by atoms with Gasteiger partial charge in [-0.05, 0) is 19.1 Å². The molecule has 0 fully saturated rings. The molecule has 1 aromatic heterocycles. The average Bonchev–Trinajstić information content (AvgIpc) is 2.63. The van der Waals surface area contributed by atoms with Crippen molar-refractivity contribution in [3.8, 4) is 0 Å². The van der Waals surface area contributed by atoms with Crippen LogP contribution in [0.2, 0.25) is 0 Å². The van der Waals surface area contributed by atoms with E-state index in [1.165, 1.54) is 11.8 Å². The average molecular weight is 235 g/mol. The first kappa shape index (κ1) is 11.0. The molecule has 0 aliphatic carbocycles. The van der Waals surface area contributed by atoms with Crippen molar-refractivity contribution in [1.82, 2.24) is 9.55 Å². The van der Waals surface area contributed by atoms with Crippen LogP contribution >= 0.6 is 11.8 Å². The van der Waals surface area contributed by atoms with Crippen LogP contribution in [0.5, 0.6) is 0 Å². The maximum absolute atomic E-state index is 10.4. The van der Waals surface area contributed by atoms with Crippen LogP contribution in [0.1, 0.15) is 6.92 Å². The third-order valence-electron chi connectivity index (χ3n) is 2.25. The van der Waals surface area contributed by atoms with Crippen molar-refractivity contribution in [3.63, 3.8) is 0 Å². The Labute approximate surface area is 97.3 Å². The molecule has 84 valence electrons. The number of aromatic nitrogens is 2. The number of nitrogens with zero attached hydrogens (tertiary/aromatic N) is 2. The Bertz CT molecular complexity index is 522. The van der Waals surface area contributed by atoms with Crippen LogP contribution in [0.25, 0.3) is 11.0 Å². The van der Waals surface area contributed by atoms with Crippen molar-refractivity contribution in [3.05, 3.63) is 24.3 Å². The second-order valence-corrected chi connectivity index (χ2v) is 4.23. The minimum absolute atomic E-state index is 0.0661. The van der Waals surface area contributed by atoms with Gasteiger partial charge in [0.2, 0.25) is 0 Å². The first-order chi connectivity index (χ1) is 7.72. The summed E-state index contributed by atoms with van der Waals surface area (Å²) >= 11 is 1.20. The second-order valence-electron chi connectivity index (χ2n) is 3.29. The van der Waals surface area contributed by atoms with E-state index in [0.717, 1.165) is 22.7 Å². The molecule has 0 unspecified atom stereocenters. The van der Waals surface area contributed by atoms with Crippen molar-refractivity contribution in [2.24, 2.45) is 0 Å². The van der Waals surface area contributed by atoms with Gasteiger partial charge in [0, 0.05) is 12.3 Å². The van der Waals surface area contributed by atoms with Gasteiger partial charge in [0.15, 0.2) is 5.16 Å². The van der Waals surface area contributed by atoms with Gasteiger partial charge in [-0.1, -0.05) is 23.9 Å². The molecule has 0 radical (unpaired) electrons.